The number of hydrogen-bond donors (Lipinski definition) is 6. The van der Waals surface area contributed by atoms with Crippen LogP contribution >= 0.6 is 37.9 Å². The van der Waals surface area contributed by atoms with Gasteiger partial charge in [0, 0.05) is 0 Å². The number of carboxylic acid groups (broad SMARTS) is 2. The molecule has 0 aliphatic rings. The standard InChI is InChI=1S/C8H12O7S3/c9-4(10)1-7(14,6(12)13)2-5(11)15-3-8(16,17)18/h14,16-18H,1-3H2,(H,9,10)(H,12,13). The lowest BCUT2D eigenvalue weighted by Gasteiger charge is -2.21. The van der Waals surface area contributed by atoms with Crippen molar-refractivity contribution in [1.82, 2.24) is 0 Å². The summed E-state index contributed by atoms with van der Waals surface area (Å²) in [5.74, 6) is -4.47. The van der Waals surface area contributed by atoms with Gasteiger partial charge in [0.25, 0.3) is 0 Å². The van der Waals surface area contributed by atoms with Crippen molar-refractivity contribution in [2.75, 3.05) is 6.61 Å². The normalized spacial score (nSPS) is 14.7. The van der Waals surface area contributed by atoms with E-state index in [2.05, 4.69) is 42.6 Å². The maximum atomic E-state index is 11.3. The molecule has 0 aromatic rings. The fourth-order valence-corrected chi connectivity index (χ4v) is 1.12. The molecule has 0 aromatic carbocycles. The first-order chi connectivity index (χ1) is 7.96. The van der Waals surface area contributed by atoms with Crippen molar-refractivity contribution >= 4 is 55.8 Å². The highest BCUT2D eigenvalue weighted by atomic mass is 32.2. The number of hydrogen-bond acceptors (Lipinski definition) is 8. The highest BCUT2D eigenvalue weighted by molar-refractivity contribution is 8.17. The molecule has 0 bridgehead atoms. The van der Waals surface area contributed by atoms with Crippen LogP contribution in [0.2, 0.25) is 0 Å². The van der Waals surface area contributed by atoms with Gasteiger partial charge in [0.2, 0.25) is 0 Å². The summed E-state index contributed by atoms with van der Waals surface area (Å²) in [6.45, 7) is -0.357. The molecule has 3 N–H and O–H groups in total. The van der Waals surface area contributed by atoms with Crippen molar-refractivity contribution in [3.63, 3.8) is 0 Å². The number of thiol groups is 3. The van der Waals surface area contributed by atoms with E-state index in [1.54, 1.807) is 0 Å². The van der Waals surface area contributed by atoms with Gasteiger partial charge in [-0.2, -0.15) is 0 Å². The third-order valence-electron chi connectivity index (χ3n) is 1.71. The molecule has 0 rings (SSSR count). The van der Waals surface area contributed by atoms with Gasteiger partial charge < -0.3 is 20.1 Å². The number of carbonyl (C=O) groups is 3. The number of carboxylic acids is 2. The summed E-state index contributed by atoms with van der Waals surface area (Å²) in [6.07, 6.45) is -2.12. The minimum Gasteiger partial charge on any atom is -0.481 e. The summed E-state index contributed by atoms with van der Waals surface area (Å²) in [7, 11) is 0. The Morgan fingerprint density at radius 1 is 1.06 bits per heavy atom. The quantitative estimate of drug-likeness (QED) is 0.216. The van der Waals surface area contributed by atoms with Gasteiger partial charge in [-0.15, -0.1) is 37.9 Å². The number of rotatable bonds is 7. The fourth-order valence-electron chi connectivity index (χ4n) is 0.931. The predicted octanol–water partition coefficient (Wildman–Crippen LogP) is -0.347. The SMILES string of the molecule is O=C(O)CC(O)(CC(=O)OCC(S)(S)S)C(=O)O. The van der Waals surface area contributed by atoms with Crippen LogP contribution < -0.4 is 0 Å². The van der Waals surface area contributed by atoms with Gasteiger partial charge in [-0.1, -0.05) is 0 Å². The van der Waals surface area contributed by atoms with E-state index in [1.807, 2.05) is 0 Å². The number of esters is 1. The van der Waals surface area contributed by atoms with Gasteiger partial charge >= 0.3 is 17.9 Å². The second kappa shape index (κ2) is 6.55. The molecular weight excluding hydrogens is 304 g/mol. The summed E-state index contributed by atoms with van der Waals surface area (Å²) in [5.41, 5.74) is -2.71. The first-order valence-electron chi connectivity index (χ1n) is 4.46. The van der Waals surface area contributed by atoms with Crippen LogP contribution in [0.25, 0.3) is 0 Å². The van der Waals surface area contributed by atoms with Crippen molar-refractivity contribution in [2.24, 2.45) is 0 Å². The zero-order valence-corrected chi connectivity index (χ0v) is 11.6. The Bertz CT molecular complexity index is 351. The maximum absolute atomic E-state index is 11.3. The van der Waals surface area contributed by atoms with E-state index in [-0.39, 0.29) is 6.61 Å². The monoisotopic (exact) mass is 316 g/mol. The average molecular weight is 316 g/mol. The van der Waals surface area contributed by atoms with Crippen molar-refractivity contribution in [1.29, 1.82) is 0 Å². The third kappa shape index (κ3) is 6.99. The lowest BCUT2D eigenvalue weighted by atomic mass is 9.96. The van der Waals surface area contributed by atoms with Crippen molar-refractivity contribution in [2.45, 2.75) is 21.9 Å². The van der Waals surface area contributed by atoms with E-state index in [9.17, 15) is 19.5 Å². The van der Waals surface area contributed by atoms with Crippen LogP contribution in [0.15, 0.2) is 0 Å². The number of aliphatic hydroxyl groups is 1. The second-order valence-electron chi connectivity index (χ2n) is 3.52. The van der Waals surface area contributed by atoms with Crippen LogP contribution in [0.4, 0.5) is 0 Å². The summed E-state index contributed by atoms with van der Waals surface area (Å²) >= 11 is 11.4. The number of ether oxygens (including phenoxy) is 1. The van der Waals surface area contributed by atoms with Crippen LogP contribution in [0.3, 0.4) is 0 Å². The molecule has 0 aliphatic carbocycles. The van der Waals surface area contributed by atoms with Crippen molar-refractivity contribution in [3.8, 4) is 0 Å². The zero-order chi connectivity index (χ0) is 14.6. The van der Waals surface area contributed by atoms with E-state index < -0.39 is 39.8 Å². The van der Waals surface area contributed by atoms with Gasteiger partial charge in [0.05, 0.1) is 12.8 Å². The van der Waals surface area contributed by atoms with E-state index in [1.165, 1.54) is 0 Å². The first-order valence-corrected chi connectivity index (χ1v) is 5.81. The van der Waals surface area contributed by atoms with Crippen molar-refractivity contribution < 1.29 is 34.4 Å². The van der Waals surface area contributed by atoms with E-state index in [4.69, 9.17) is 10.2 Å². The lowest BCUT2D eigenvalue weighted by Crippen LogP contribution is -2.43. The van der Waals surface area contributed by atoms with Crippen LogP contribution in [0.5, 0.6) is 0 Å². The topological polar surface area (TPSA) is 121 Å². The predicted molar refractivity (Wildman–Crippen MR) is 70.1 cm³/mol. The molecule has 0 radical (unpaired) electrons. The Morgan fingerprint density at radius 3 is 1.89 bits per heavy atom. The summed E-state index contributed by atoms with van der Waals surface area (Å²) in [5, 5.41) is 26.7. The van der Waals surface area contributed by atoms with Gasteiger partial charge in [0.1, 0.15) is 10.0 Å². The summed E-state index contributed by atoms with van der Waals surface area (Å²) in [6, 6.07) is 0. The minimum absolute atomic E-state index is 0.357. The lowest BCUT2D eigenvalue weighted by molar-refractivity contribution is -0.171. The Morgan fingerprint density at radius 2 is 1.56 bits per heavy atom. The van der Waals surface area contributed by atoms with Crippen LogP contribution in [0, 0.1) is 0 Å². The Hall–Kier alpha value is -0.580. The summed E-state index contributed by atoms with van der Waals surface area (Å²) in [4.78, 5) is 32.4. The Labute approximate surface area is 119 Å². The Balaban J connectivity index is 4.56. The highest BCUT2D eigenvalue weighted by Crippen LogP contribution is 2.25. The molecule has 104 valence electrons. The Kier molecular flexibility index (Phi) is 6.34. The third-order valence-corrected chi connectivity index (χ3v) is 2.09. The average Bonchev–Trinajstić information content (AvgIpc) is 2.11. The highest BCUT2D eigenvalue weighted by Gasteiger charge is 2.41. The molecule has 0 saturated carbocycles. The van der Waals surface area contributed by atoms with E-state index in [0.29, 0.717) is 0 Å². The van der Waals surface area contributed by atoms with Crippen molar-refractivity contribution in [3.05, 3.63) is 0 Å². The smallest absolute Gasteiger partial charge is 0.336 e. The van der Waals surface area contributed by atoms with Gasteiger partial charge in [-0.05, 0) is 0 Å². The van der Waals surface area contributed by atoms with Gasteiger partial charge in [-0.25, -0.2) is 4.79 Å². The maximum Gasteiger partial charge on any atom is 0.336 e. The molecule has 0 saturated heterocycles. The molecule has 0 aliphatic heterocycles. The van der Waals surface area contributed by atoms with Gasteiger partial charge in [0.15, 0.2) is 5.60 Å². The fraction of sp³-hybridized carbons (Fsp3) is 0.625. The molecular formula is C8H12O7S3. The second-order valence-corrected chi connectivity index (χ2v) is 6.87. The molecule has 1 unspecified atom stereocenters. The van der Waals surface area contributed by atoms with Crippen LogP contribution in [-0.2, 0) is 19.1 Å². The minimum atomic E-state index is -2.71. The molecule has 0 fully saturated rings. The first kappa shape index (κ1) is 17.4. The molecule has 0 spiro atoms. The molecule has 0 amide bonds. The van der Waals surface area contributed by atoms with E-state index >= 15 is 0 Å². The van der Waals surface area contributed by atoms with E-state index in [0.717, 1.165) is 0 Å². The molecule has 18 heavy (non-hydrogen) atoms. The van der Waals surface area contributed by atoms with Crippen LogP contribution in [-0.4, -0.2) is 48.8 Å². The van der Waals surface area contributed by atoms with Crippen LogP contribution in [0.1, 0.15) is 12.8 Å². The van der Waals surface area contributed by atoms with Gasteiger partial charge in [-0.3, -0.25) is 9.59 Å². The molecule has 1 atom stereocenters. The number of aliphatic carboxylic acids is 2. The largest absolute Gasteiger partial charge is 0.481 e. The zero-order valence-electron chi connectivity index (χ0n) is 8.94. The molecule has 0 heterocycles. The molecule has 0 aromatic heterocycles. The molecule has 7 nitrogen and oxygen atoms in total. The molecule has 10 heteroatoms. The summed E-state index contributed by atoms with van der Waals surface area (Å²) < 4.78 is 3.33. The number of carbonyl (C=O) groups excluding carboxylic acids is 1.